The second-order valence-corrected chi connectivity index (χ2v) is 20.8. The van der Waals surface area contributed by atoms with Gasteiger partial charge in [-0.25, -0.2) is 21.6 Å². The molecule has 324 valence electrons. The van der Waals surface area contributed by atoms with Gasteiger partial charge in [-0.15, -0.1) is 11.8 Å². The maximum Gasteiger partial charge on any atom is 0.501 e. The lowest BCUT2D eigenvalue weighted by Crippen LogP contribution is -2.32. The number of nitrogens with one attached hydrogen (secondary N) is 4. The molecule has 0 heterocycles. The molecule has 0 aliphatic heterocycles. The van der Waals surface area contributed by atoms with Gasteiger partial charge in [0, 0.05) is 52.6 Å². The van der Waals surface area contributed by atoms with E-state index in [1.807, 2.05) is 66.2 Å². The second kappa shape index (κ2) is 20.2. The highest BCUT2D eigenvalue weighted by molar-refractivity contribution is 7.99. The summed E-state index contributed by atoms with van der Waals surface area (Å²) < 4.78 is 96.3. The predicted molar refractivity (Wildman–Crippen MR) is 236 cm³/mol. The van der Waals surface area contributed by atoms with Crippen molar-refractivity contribution >= 4 is 66.1 Å². The van der Waals surface area contributed by atoms with Crippen LogP contribution in [0.5, 0.6) is 0 Å². The van der Waals surface area contributed by atoms with E-state index in [1.165, 1.54) is 40.6 Å². The molecule has 0 unspecified atom stereocenters. The van der Waals surface area contributed by atoms with Crippen molar-refractivity contribution in [3.8, 4) is 0 Å². The van der Waals surface area contributed by atoms with Crippen molar-refractivity contribution in [2.75, 3.05) is 56.7 Å². The molecule has 4 aromatic rings. The highest BCUT2D eigenvalue weighted by atomic mass is 35.5. The molecule has 1 aliphatic carbocycles. The molecule has 0 bridgehead atoms. The number of halogens is 4. The van der Waals surface area contributed by atoms with Gasteiger partial charge in [-0.3, -0.25) is 4.79 Å². The Balaban J connectivity index is 1.23. The summed E-state index contributed by atoms with van der Waals surface area (Å²) in [6.45, 7) is 7.02. The molecule has 10 nitrogen and oxygen atoms in total. The average Bonchev–Trinajstić information content (AvgIpc) is 3.19. The lowest BCUT2D eigenvalue weighted by atomic mass is 9.73. The van der Waals surface area contributed by atoms with Crippen molar-refractivity contribution in [2.45, 2.75) is 65.8 Å². The number of alkyl halides is 3. The molecule has 0 radical (unpaired) electrons. The van der Waals surface area contributed by atoms with E-state index in [0.29, 0.717) is 48.6 Å². The molecule has 1 aliphatic rings. The van der Waals surface area contributed by atoms with E-state index in [9.17, 15) is 34.8 Å². The number of anilines is 2. The number of thioether (sulfide) groups is 1. The minimum atomic E-state index is -6.03. The molecule has 0 spiro atoms. The van der Waals surface area contributed by atoms with Crippen LogP contribution in [0.1, 0.15) is 55.5 Å². The zero-order valence-corrected chi connectivity index (χ0v) is 37.1. The number of hydrogen-bond donors (Lipinski definition) is 4. The topological polar surface area (TPSA) is 137 Å². The average molecular weight is 907 g/mol. The van der Waals surface area contributed by atoms with Crippen molar-refractivity contribution in [1.82, 2.24) is 14.9 Å². The molecule has 60 heavy (non-hydrogen) atoms. The first-order valence-electron chi connectivity index (χ1n) is 19.4. The Morgan fingerprint density at radius 2 is 1.60 bits per heavy atom. The predicted octanol–water partition coefficient (Wildman–Crippen LogP) is 8.94. The molecule has 0 saturated carbocycles. The summed E-state index contributed by atoms with van der Waals surface area (Å²) in [4.78, 5) is 13.8. The van der Waals surface area contributed by atoms with Crippen molar-refractivity contribution in [3.63, 3.8) is 0 Å². The first kappa shape index (κ1) is 47.0. The lowest BCUT2D eigenvalue weighted by molar-refractivity contribution is -0.0435. The van der Waals surface area contributed by atoms with E-state index in [0.717, 1.165) is 42.8 Å². The molecule has 0 aromatic heterocycles. The smallest absolute Gasteiger partial charge is 0.384 e. The quantitative estimate of drug-likeness (QED) is 0.0534. The van der Waals surface area contributed by atoms with Crippen LogP contribution in [-0.2, 0) is 19.9 Å². The van der Waals surface area contributed by atoms with E-state index >= 15 is 0 Å². The molecular formula is C43H51ClF3N5O5S3. The van der Waals surface area contributed by atoms with Crippen LogP contribution >= 0.6 is 23.4 Å². The molecule has 1 atom stereocenters. The monoisotopic (exact) mass is 905 g/mol. The summed E-state index contributed by atoms with van der Waals surface area (Å²) in [6, 6.07) is 25.1. The Hall–Kier alpha value is -4.06. The van der Waals surface area contributed by atoms with Crippen LogP contribution in [-0.4, -0.2) is 85.2 Å². The van der Waals surface area contributed by atoms with Gasteiger partial charge in [-0.1, -0.05) is 61.4 Å². The van der Waals surface area contributed by atoms with Crippen LogP contribution in [0.4, 0.5) is 24.5 Å². The highest BCUT2D eigenvalue weighted by Crippen LogP contribution is 2.42. The van der Waals surface area contributed by atoms with Gasteiger partial charge in [0.15, 0.2) is 0 Å². The Morgan fingerprint density at radius 3 is 2.25 bits per heavy atom. The Bertz CT molecular complexity index is 2340. The van der Waals surface area contributed by atoms with E-state index < -0.39 is 52.8 Å². The number of benzene rings is 4. The van der Waals surface area contributed by atoms with Gasteiger partial charge in [0.1, 0.15) is 4.90 Å². The summed E-state index contributed by atoms with van der Waals surface area (Å²) in [5.41, 5.74) is -1.41. The van der Waals surface area contributed by atoms with Crippen molar-refractivity contribution in [1.29, 1.82) is 0 Å². The maximum atomic E-state index is 14.0. The number of carbonyl (C=O) groups is 1. The number of rotatable bonds is 19. The number of carbonyl (C=O) groups excluding carboxylic acids is 1. The van der Waals surface area contributed by atoms with Gasteiger partial charge in [-0.05, 0) is 130 Å². The first-order chi connectivity index (χ1) is 28.2. The molecule has 0 saturated heterocycles. The van der Waals surface area contributed by atoms with Crippen LogP contribution in [0.25, 0.3) is 5.57 Å². The van der Waals surface area contributed by atoms with Gasteiger partial charge < -0.3 is 20.9 Å². The summed E-state index contributed by atoms with van der Waals surface area (Å²) in [7, 11) is -7.20. The summed E-state index contributed by atoms with van der Waals surface area (Å²) in [6.07, 6.45) is 3.50. The van der Waals surface area contributed by atoms with E-state index in [4.69, 9.17) is 11.6 Å². The number of sulfonamides is 1. The van der Waals surface area contributed by atoms with Crippen molar-refractivity contribution in [3.05, 3.63) is 119 Å². The zero-order chi connectivity index (χ0) is 43.7. The number of hydrogen-bond acceptors (Lipinski definition) is 10. The minimum absolute atomic E-state index is 0.0371. The third-order valence-corrected chi connectivity index (χ3v) is 14.3. The van der Waals surface area contributed by atoms with Crippen LogP contribution in [0.2, 0.25) is 5.02 Å². The van der Waals surface area contributed by atoms with Crippen molar-refractivity contribution < 1.29 is 34.8 Å². The largest absolute Gasteiger partial charge is 0.501 e. The summed E-state index contributed by atoms with van der Waals surface area (Å²) in [5.74, 6) is -0.679. The van der Waals surface area contributed by atoms with E-state index in [1.54, 1.807) is 12.1 Å². The fraction of sp³-hybridized carbons (Fsp3) is 0.372. The molecule has 0 fully saturated rings. The summed E-state index contributed by atoms with van der Waals surface area (Å²) >= 11 is 7.56. The second-order valence-electron chi connectivity index (χ2n) is 15.7. The van der Waals surface area contributed by atoms with E-state index in [-0.39, 0.29) is 11.0 Å². The van der Waals surface area contributed by atoms with Gasteiger partial charge in [0.2, 0.25) is 0 Å². The molecule has 4 aromatic carbocycles. The molecule has 1 amide bonds. The molecular weight excluding hydrogens is 855 g/mol. The fourth-order valence-corrected chi connectivity index (χ4v) is 9.92. The third-order valence-electron chi connectivity index (χ3n) is 10.0. The first-order valence-corrected chi connectivity index (χ1v) is 23.7. The van der Waals surface area contributed by atoms with Gasteiger partial charge in [0.05, 0.1) is 10.6 Å². The van der Waals surface area contributed by atoms with Crippen LogP contribution in [0, 0.1) is 5.41 Å². The van der Waals surface area contributed by atoms with Crippen LogP contribution in [0.3, 0.4) is 0 Å². The molecule has 5 rings (SSSR count). The number of allylic oxidation sites excluding steroid dienone is 1. The molecule has 17 heteroatoms. The van der Waals surface area contributed by atoms with Crippen LogP contribution < -0.4 is 20.7 Å². The SMILES string of the molecule is CN(C)CC[C@H](CSc1ccccc1)Nc1ccc(S(=O)(=O)NC(=O)c2ccc(NCCNCC3=C(c4ccc(Cl)cc4)CCC(C)(C)C3)cc2)cc1S(=O)(=O)C(F)(F)F. The van der Waals surface area contributed by atoms with E-state index in [2.05, 4.69) is 41.9 Å². The zero-order valence-electron chi connectivity index (χ0n) is 33.9. The van der Waals surface area contributed by atoms with Crippen molar-refractivity contribution in [2.24, 2.45) is 5.41 Å². The molecule has 4 N–H and O–H groups in total. The van der Waals surface area contributed by atoms with Crippen LogP contribution in [0.15, 0.2) is 117 Å². The highest BCUT2D eigenvalue weighted by Gasteiger charge is 2.48. The van der Waals surface area contributed by atoms with Gasteiger partial charge in [-0.2, -0.15) is 13.2 Å². The number of amides is 1. The Kier molecular flexibility index (Phi) is 15.8. The standard InChI is InChI=1S/C43H51ClF3N5O5S3/c1-42(2)22-20-38(30-10-14-33(44)15-11-30)32(27-42)28-48-23-24-49-34-16-12-31(13-17-34)41(53)51-60(56,57)37-18-19-39(40(26-37)59(54,55)43(45,46)47)50-35(21-25-52(3)4)29-58-36-8-6-5-7-9-36/h5-19,26,35,48-50H,20-25,27-29H2,1-4H3,(H,51,53)/t35-/m1/s1. The Labute approximate surface area is 360 Å². The lowest BCUT2D eigenvalue weighted by Gasteiger charge is -2.34. The number of nitrogens with zero attached hydrogens (tertiary/aromatic N) is 1. The van der Waals surface area contributed by atoms with Gasteiger partial charge >= 0.3 is 5.51 Å². The van der Waals surface area contributed by atoms with Gasteiger partial charge in [0.25, 0.3) is 25.8 Å². The maximum absolute atomic E-state index is 14.0. The third kappa shape index (κ3) is 13.0. The Morgan fingerprint density at radius 1 is 0.917 bits per heavy atom. The normalized spacial score (nSPS) is 15.2. The fourth-order valence-electron chi connectivity index (χ4n) is 6.78. The number of sulfone groups is 1. The minimum Gasteiger partial charge on any atom is -0.384 e. The summed E-state index contributed by atoms with van der Waals surface area (Å²) in [5, 5.41) is 10.4.